The van der Waals surface area contributed by atoms with Crippen LogP contribution in [0.5, 0.6) is 11.5 Å². The van der Waals surface area contributed by atoms with Crippen LogP contribution in [-0.4, -0.2) is 31.8 Å². The Kier molecular flexibility index (Phi) is 4.33. The minimum atomic E-state index is -0.369. The summed E-state index contributed by atoms with van der Waals surface area (Å²) in [6.45, 7) is 2.86. The average Bonchev–Trinajstić information content (AvgIpc) is 3.08. The van der Waals surface area contributed by atoms with Crippen LogP contribution < -0.4 is 10.2 Å². The third-order valence-corrected chi connectivity index (χ3v) is 3.91. The van der Waals surface area contributed by atoms with Gasteiger partial charge < -0.3 is 14.4 Å². The number of aromatic hydroxyl groups is 1. The van der Waals surface area contributed by atoms with E-state index in [1.165, 1.54) is 6.07 Å². The molecule has 2 aromatic heterocycles. The van der Waals surface area contributed by atoms with Gasteiger partial charge in [0, 0.05) is 24.4 Å². The first kappa shape index (κ1) is 15.8. The van der Waals surface area contributed by atoms with E-state index in [9.17, 15) is 9.90 Å². The third kappa shape index (κ3) is 3.15. The molecule has 0 fully saturated rings. The molecular weight excluding hydrogens is 308 g/mol. The van der Waals surface area contributed by atoms with Crippen molar-refractivity contribution < 1.29 is 9.84 Å². The Hall–Kier alpha value is -3.09. The number of nitrogens with zero attached hydrogens (tertiary/aromatic N) is 4. The summed E-state index contributed by atoms with van der Waals surface area (Å²) < 4.78 is 8.68. The van der Waals surface area contributed by atoms with Crippen LogP contribution in [0.4, 0.5) is 0 Å². The summed E-state index contributed by atoms with van der Waals surface area (Å²) in [5.41, 5.74) is 1.90. The second kappa shape index (κ2) is 6.57. The van der Waals surface area contributed by atoms with Gasteiger partial charge in [0.15, 0.2) is 5.75 Å². The Morgan fingerprint density at radius 2 is 1.92 bits per heavy atom. The quantitative estimate of drug-likeness (QED) is 0.773. The molecule has 0 aliphatic heterocycles. The lowest BCUT2D eigenvalue weighted by molar-refractivity contribution is 0.415. The zero-order valence-corrected chi connectivity index (χ0v) is 13.5. The fourth-order valence-electron chi connectivity index (χ4n) is 2.42. The predicted molar refractivity (Wildman–Crippen MR) is 89.1 cm³/mol. The zero-order valence-electron chi connectivity index (χ0n) is 13.5. The fourth-order valence-corrected chi connectivity index (χ4v) is 2.42. The van der Waals surface area contributed by atoms with Crippen molar-refractivity contribution in [3.63, 3.8) is 0 Å². The highest BCUT2D eigenvalue weighted by Crippen LogP contribution is 2.20. The van der Waals surface area contributed by atoms with Gasteiger partial charge in [-0.25, -0.2) is 0 Å². The summed E-state index contributed by atoms with van der Waals surface area (Å²) in [7, 11) is 1.63. The van der Waals surface area contributed by atoms with Crippen molar-refractivity contribution >= 4 is 0 Å². The second-order valence-corrected chi connectivity index (χ2v) is 5.40. The average molecular weight is 326 g/mol. The second-order valence-electron chi connectivity index (χ2n) is 5.40. The molecule has 7 nitrogen and oxygen atoms in total. The van der Waals surface area contributed by atoms with Crippen LogP contribution in [0.15, 0.2) is 47.5 Å². The Morgan fingerprint density at radius 1 is 1.17 bits per heavy atom. The number of hydrogen-bond donors (Lipinski definition) is 1. The van der Waals surface area contributed by atoms with E-state index in [4.69, 9.17) is 4.74 Å². The van der Waals surface area contributed by atoms with Crippen molar-refractivity contribution in [1.82, 2.24) is 19.6 Å². The molecule has 7 heteroatoms. The molecule has 0 radical (unpaired) electrons. The first-order chi connectivity index (χ1) is 11.6. The summed E-state index contributed by atoms with van der Waals surface area (Å²) in [6.07, 6.45) is 3.53. The Morgan fingerprint density at radius 3 is 2.62 bits per heavy atom. The minimum absolute atomic E-state index is 0.213. The molecule has 0 amide bonds. The number of aromatic nitrogens is 4. The summed E-state index contributed by atoms with van der Waals surface area (Å²) >= 11 is 0. The van der Waals surface area contributed by atoms with Gasteiger partial charge >= 0.3 is 0 Å². The van der Waals surface area contributed by atoms with Gasteiger partial charge in [0.2, 0.25) is 5.43 Å². The molecule has 0 aliphatic rings. The normalized spacial score (nSPS) is 10.8. The summed E-state index contributed by atoms with van der Waals surface area (Å²) in [5.74, 6) is 0.578. The van der Waals surface area contributed by atoms with Crippen molar-refractivity contribution in [1.29, 1.82) is 0 Å². The van der Waals surface area contributed by atoms with Gasteiger partial charge in [0.05, 0.1) is 25.5 Å². The number of pyridine rings is 1. The van der Waals surface area contributed by atoms with Gasteiger partial charge in [0.1, 0.15) is 11.4 Å². The highest BCUT2D eigenvalue weighted by molar-refractivity contribution is 5.58. The van der Waals surface area contributed by atoms with Crippen LogP contribution in [0.3, 0.4) is 0 Å². The van der Waals surface area contributed by atoms with Crippen LogP contribution in [0, 0.1) is 6.92 Å². The van der Waals surface area contributed by atoms with Crippen LogP contribution >= 0.6 is 0 Å². The van der Waals surface area contributed by atoms with Crippen LogP contribution in [0.25, 0.3) is 11.3 Å². The Balaban J connectivity index is 1.72. The number of ether oxygens (including phenoxy) is 1. The predicted octanol–water partition coefficient (Wildman–Crippen LogP) is 1.83. The van der Waals surface area contributed by atoms with E-state index < -0.39 is 0 Å². The van der Waals surface area contributed by atoms with Crippen molar-refractivity contribution in [3.05, 3.63) is 58.6 Å². The van der Waals surface area contributed by atoms with E-state index in [2.05, 4.69) is 10.3 Å². The zero-order chi connectivity index (χ0) is 17.1. The van der Waals surface area contributed by atoms with E-state index >= 15 is 0 Å². The molecule has 0 saturated carbocycles. The highest BCUT2D eigenvalue weighted by atomic mass is 16.5. The first-order valence-corrected chi connectivity index (χ1v) is 7.52. The fraction of sp³-hybridized carbons (Fsp3) is 0.235. The van der Waals surface area contributed by atoms with Crippen LogP contribution in [0.2, 0.25) is 0 Å². The summed E-state index contributed by atoms with van der Waals surface area (Å²) in [4.78, 5) is 11.4. The molecule has 1 aromatic carbocycles. The maximum Gasteiger partial charge on any atom is 0.223 e. The first-order valence-electron chi connectivity index (χ1n) is 7.52. The van der Waals surface area contributed by atoms with Crippen molar-refractivity contribution in [2.24, 2.45) is 0 Å². The molecule has 1 N–H and O–H groups in total. The van der Waals surface area contributed by atoms with Crippen LogP contribution in [-0.2, 0) is 13.1 Å². The highest BCUT2D eigenvalue weighted by Gasteiger charge is 2.07. The number of methoxy groups -OCH3 is 1. The van der Waals surface area contributed by atoms with Gasteiger partial charge in [-0.05, 0) is 31.2 Å². The molecule has 0 unspecified atom stereocenters. The van der Waals surface area contributed by atoms with Gasteiger partial charge in [0.25, 0.3) is 0 Å². The minimum Gasteiger partial charge on any atom is -0.503 e. The standard InChI is InChI=1S/C17H18N4O3/c1-12-17(23)16(22)7-8-20(12)9-10-21-11-15(18-19-21)13-3-5-14(24-2)6-4-13/h3-8,11,23H,9-10H2,1-2H3. The van der Waals surface area contributed by atoms with E-state index in [0.29, 0.717) is 18.8 Å². The Bertz CT molecular complexity index is 897. The molecule has 3 rings (SSSR count). The molecule has 24 heavy (non-hydrogen) atoms. The molecule has 0 spiro atoms. The molecule has 0 atom stereocenters. The lowest BCUT2D eigenvalue weighted by Crippen LogP contribution is -2.14. The van der Waals surface area contributed by atoms with Crippen molar-refractivity contribution in [2.75, 3.05) is 7.11 Å². The lowest BCUT2D eigenvalue weighted by atomic mass is 10.2. The number of hydrogen-bond acceptors (Lipinski definition) is 5. The number of benzene rings is 1. The van der Waals surface area contributed by atoms with E-state index in [-0.39, 0.29) is 11.2 Å². The van der Waals surface area contributed by atoms with Gasteiger partial charge in [-0.2, -0.15) is 0 Å². The van der Waals surface area contributed by atoms with E-state index in [0.717, 1.165) is 17.0 Å². The number of aryl methyl sites for hydroxylation is 2. The molecule has 0 bridgehead atoms. The third-order valence-electron chi connectivity index (χ3n) is 3.91. The van der Waals surface area contributed by atoms with Crippen molar-refractivity contribution in [2.45, 2.75) is 20.0 Å². The maximum absolute atomic E-state index is 11.4. The molecule has 0 saturated heterocycles. The van der Waals surface area contributed by atoms with E-state index in [1.807, 2.05) is 35.0 Å². The van der Waals surface area contributed by atoms with Gasteiger partial charge in [-0.15, -0.1) is 5.10 Å². The molecular formula is C17H18N4O3. The van der Waals surface area contributed by atoms with Gasteiger partial charge in [-0.1, -0.05) is 5.21 Å². The van der Waals surface area contributed by atoms with Crippen molar-refractivity contribution in [3.8, 4) is 22.8 Å². The number of rotatable bonds is 5. The Labute approximate surface area is 138 Å². The summed E-state index contributed by atoms with van der Waals surface area (Å²) in [5, 5.41) is 18.0. The van der Waals surface area contributed by atoms with E-state index in [1.54, 1.807) is 24.9 Å². The summed E-state index contributed by atoms with van der Waals surface area (Å²) in [6, 6.07) is 8.96. The lowest BCUT2D eigenvalue weighted by Gasteiger charge is -2.10. The molecule has 3 aromatic rings. The largest absolute Gasteiger partial charge is 0.503 e. The molecule has 0 aliphatic carbocycles. The monoisotopic (exact) mass is 326 g/mol. The topological polar surface area (TPSA) is 82.2 Å². The smallest absolute Gasteiger partial charge is 0.223 e. The van der Waals surface area contributed by atoms with Crippen LogP contribution in [0.1, 0.15) is 5.69 Å². The molecule has 2 heterocycles. The molecule has 124 valence electrons. The maximum atomic E-state index is 11.4. The van der Waals surface area contributed by atoms with Gasteiger partial charge in [-0.3, -0.25) is 9.48 Å². The SMILES string of the molecule is COc1ccc(-c2cn(CCn3ccc(=O)c(O)c3C)nn2)cc1.